The fraction of sp³-hybridized carbons (Fsp3) is 0.308. The summed E-state index contributed by atoms with van der Waals surface area (Å²) >= 11 is 0. The minimum Gasteiger partial charge on any atom is -0.507 e. The first-order valence-electron chi connectivity index (χ1n) is 5.80. The zero-order chi connectivity index (χ0) is 13.1. The first kappa shape index (κ1) is 12.4. The highest BCUT2D eigenvalue weighted by molar-refractivity contribution is 5.44. The van der Waals surface area contributed by atoms with E-state index in [0.717, 1.165) is 5.69 Å². The Morgan fingerprint density at radius 2 is 1.94 bits per heavy atom. The fourth-order valence-corrected chi connectivity index (χ4v) is 1.90. The molecule has 18 heavy (non-hydrogen) atoms. The number of nitrogens with zero attached hydrogens (tertiary/aromatic N) is 2. The highest BCUT2D eigenvalue weighted by Gasteiger charge is 2.14. The van der Waals surface area contributed by atoms with Gasteiger partial charge in [-0.25, -0.2) is 0 Å². The summed E-state index contributed by atoms with van der Waals surface area (Å²) in [5.41, 5.74) is 1.42. The summed E-state index contributed by atoms with van der Waals surface area (Å²) in [7, 11) is 1.86. The number of aryl methyl sites for hydroxylation is 1. The summed E-state index contributed by atoms with van der Waals surface area (Å²) in [6.07, 6.45) is 1.87. The van der Waals surface area contributed by atoms with Crippen LogP contribution in [0.25, 0.3) is 0 Å². The minimum absolute atomic E-state index is 0.0935. The molecule has 0 bridgehead atoms. The molecule has 1 heterocycles. The smallest absolute Gasteiger partial charge is 0.124 e. The summed E-state index contributed by atoms with van der Waals surface area (Å²) in [5, 5.41) is 27.0. The first-order chi connectivity index (χ1) is 8.58. The molecule has 0 aliphatic heterocycles. The molecule has 1 atom stereocenters. The molecule has 2 aromatic rings. The normalized spacial score (nSPS) is 12.6. The van der Waals surface area contributed by atoms with E-state index in [0.29, 0.717) is 12.1 Å². The van der Waals surface area contributed by atoms with Crippen LogP contribution in [0.2, 0.25) is 0 Å². The van der Waals surface area contributed by atoms with Gasteiger partial charge >= 0.3 is 0 Å². The van der Waals surface area contributed by atoms with Crippen LogP contribution in [0.4, 0.5) is 0 Å². The van der Waals surface area contributed by atoms with Crippen molar-refractivity contribution in [3.05, 3.63) is 41.7 Å². The average molecular weight is 247 g/mol. The second-order valence-corrected chi connectivity index (χ2v) is 4.29. The van der Waals surface area contributed by atoms with Crippen molar-refractivity contribution in [1.29, 1.82) is 0 Å². The third kappa shape index (κ3) is 2.62. The molecule has 3 N–H and O–H groups in total. The highest BCUT2D eigenvalue weighted by atomic mass is 16.3. The van der Waals surface area contributed by atoms with E-state index >= 15 is 0 Å². The maximum Gasteiger partial charge on any atom is 0.124 e. The molecule has 0 saturated heterocycles. The maximum absolute atomic E-state index is 9.74. The van der Waals surface area contributed by atoms with Gasteiger partial charge in [-0.2, -0.15) is 5.10 Å². The lowest BCUT2D eigenvalue weighted by molar-refractivity contribution is 0.417. The Hall–Kier alpha value is -2.01. The van der Waals surface area contributed by atoms with Gasteiger partial charge in [-0.05, 0) is 25.1 Å². The zero-order valence-electron chi connectivity index (χ0n) is 10.5. The van der Waals surface area contributed by atoms with Gasteiger partial charge in [0.05, 0.1) is 11.3 Å². The van der Waals surface area contributed by atoms with Gasteiger partial charge in [-0.1, -0.05) is 6.07 Å². The number of hydrogen-bond donors (Lipinski definition) is 3. The largest absolute Gasteiger partial charge is 0.507 e. The second-order valence-electron chi connectivity index (χ2n) is 4.29. The van der Waals surface area contributed by atoms with Crippen molar-refractivity contribution in [2.75, 3.05) is 0 Å². The number of aromatic hydroxyl groups is 2. The molecule has 5 heteroatoms. The number of phenolic OH excluding ortho intramolecular Hbond substituents is 2. The van der Waals surface area contributed by atoms with Crippen LogP contribution in [-0.4, -0.2) is 20.0 Å². The maximum atomic E-state index is 9.74. The van der Waals surface area contributed by atoms with Gasteiger partial charge in [0.25, 0.3) is 0 Å². The molecule has 2 rings (SSSR count). The number of hydrogen-bond acceptors (Lipinski definition) is 4. The van der Waals surface area contributed by atoms with Crippen LogP contribution in [0.15, 0.2) is 30.5 Å². The number of rotatable bonds is 4. The lowest BCUT2D eigenvalue weighted by Crippen LogP contribution is -2.18. The standard InChI is InChI=1S/C13H17N3O2/c1-9(13-11(17)4-3-5-12(13)18)14-8-10-6-7-16(2)15-10/h3-7,9,14,17-18H,8H2,1-2H3. The number of phenols is 2. The van der Waals surface area contributed by atoms with Crippen molar-refractivity contribution in [3.63, 3.8) is 0 Å². The lowest BCUT2D eigenvalue weighted by Gasteiger charge is -2.16. The third-order valence-electron chi connectivity index (χ3n) is 2.85. The SMILES string of the molecule is CC(NCc1ccn(C)n1)c1c(O)cccc1O. The topological polar surface area (TPSA) is 70.3 Å². The van der Waals surface area contributed by atoms with Crippen molar-refractivity contribution < 1.29 is 10.2 Å². The Balaban J connectivity index is 2.06. The fourth-order valence-electron chi connectivity index (χ4n) is 1.90. The summed E-state index contributed by atoms with van der Waals surface area (Å²) < 4.78 is 1.74. The monoisotopic (exact) mass is 247 g/mol. The van der Waals surface area contributed by atoms with Crippen LogP contribution in [0.5, 0.6) is 11.5 Å². The molecular weight excluding hydrogens is 230 g/mol. The quantitative estimate of drug-likeness (QED) is 0.768. The summed E-state index contributed by atoms with van der Waals surface area (Å²) in [5.74, 6) is 0.187. The van der Waals surface area contributed by atoms with Crippen molar-refractivity contribution in [1.82, 2.24) is 15.1 Å². The van der Waals surface area contributed by atoms with E-state index in [4.69, 9.17) is 0 Å². The van der Waals surface area contributed by atoms with Gasteiger partial charge in [0.2, 0.25) is 0 Å². The van der Waals surface area contributed by atoms with Crippen molar-refractivity contribution in [2.45, 2.75) is 19.5 Å². The van der Waals surface area contributed by atoms with Crippen molar-refractivity contribution in [3.8, 4) is 11.5 Å². The van der Waals surface area contributed by atoms with E-state index < -0.39 is 0 Å². The Kier molecular flexibility index (Phi) is 3.53. The predicted octanol–water partition coefficient (Wildman–Crippen LogP) is 1.68. The van der Waals surface area contributed by atoms with Crippen molar-refractivity contribution >= 4 is 0 Å². The molecule has 0 spiro atoms. The Bertz CT molecular complexity index is 517. The molecule has 1 unspecified atom stereocenters. The molecule has 1 aromatic carbocycles. The Labute approximate surface area is 106 Å². The molecule has 96 valence electrons. The van der Waals surface area contributed by atoms with Gasteiger partial charge in [0, 0.05) is 25.8 Å². The van der Waals surface area contributed by atoms with Gasteiger partial charge in [-0.3, -0.25) is 4.68 Å². The van der Waals surface area contributed by atoms with Crippen LogP contribution < -0.4 is 5.32 Å². The number of aromatic nitrogens is 2. The molecule has 0 radical (unpaired) electrons. The van der Waals surface area contributed by atoms with Gasteiger partial charge < -0.3 is 15.5 Å². The number of benzene rings is 1. The van der Waals surface area contributed by atoms with Crippen LogP contribution >= 0.6 is 0 Å². The molecule has 0 amide bonds. The Morgan fingerprint density at radius 1 is 1.28 bits per heavy atom. The number of nitrogens with one attached hydrogen (secondary N) is 1. The van der Waals surface area contributed by atoms with E-state index in [-0.39, 0.29) is 17.5 Å². The molecule has 0 aliphatic rings. The lowest BCUT2D eigenvalue weighted by atomic mass is 10.1. The van der Waals surface area contributed by atoms with Gasteiger partial charge in [-0.15, -0.1) is 0 Å². The molecule has 0 aliphatic carbocycles. The van der Waals surface area contributed by atoms with E-state index in [2.05, 4.69) is 10.4 Å². The van der Waals surface area contributed by atoms with Crippen LogP contribution in [0, 0.1) is 0 Å². The van der Waals surface area contributed by atoms with Crippen molar-refractivity contribution in [2.24, 2.45) is 7.05 Å². The highest BCUT2D eigenvalue weighted by Crippen LogP contribution is 2.32. The van der Waals surface area contributed by atoms with Crippen LogP contribution in [0.1, 0.15) is 24.2 Å². The van der Waals surface area contributed by atoms with Crippen LogP contribution in [-0.2, 0) is 13.6 Å². The zero-order valence-corrected chi connectivity index (χ0v) is 10.5. The van der Waals surface area contributed by atoms with E-state index in [1.54, 1.807) is 22.9 Å². The summed E-state index contributed by atoms with van der Waals surface area (Å²) in [6.45, 7) is 2.47. The molecule has 1 aromatic heterocycles. The van der Waals surface area contributed by atoms with E-state index in [1.807, 2.05) is 26.2 Å². The second kappa shape index (κ2) is 5.10. The molecular formula is C13H17N3O2. The van der Waals surface area contributed by atoms with E-state index in [9.17, 15) is 10.2 Å². The van der Waals surface area contributed by atoms with Gasteiger partial charge in [0.15, 0.2) is 0 Å². The molecule has 0 saturated carbocycles. The Morgan fingerprint density at radius 3 is 2.50 bits per heavy atom. The summed E-state index contributed by atoms with van der Waals surface area (Å²) in [6, 6.07) is 6.50. The minimum atomic E-state index is -0.159. The average Bonchev–Trinajstić information content (AvgIpc) is 2.72. The molecule has 5 nitrogen and oxygen atoms in total. The third-order valence-corrected chi connectivity index (χ3v) is 2.85. The van der Waals surface area contributed by atoms with Crippen LogP contribution in [0.3, 0.4) is 0 Å². The molecule has 0 fully saturated rings. The van der Waals surface area contributed by atoms with Gasteiger partial charge in [0.1, 0.15) is 11.5 Å². The predicted molar refractivity (Wildman–Crippen MR) is 68.2 cm³/mol. The van der Waals surface area contributed by atoms with E-state index in [1.165, 1.54) is 0 Å². The summed E-state index contributed by atoms with van der Waals surface area (Å²) in [4.78, 5) is 0. The first-order valence-corrected chi connectivity index (χ1v) is 5.80.